The van der Waals surface area contributed by atoms with Crippen molar-refractivity contribution in [3.05, 3.63) is 95.1 Å². The molecule has 0 aliphatic heterocycles. The normalized spacial score (nSPS) is 12.1. The molecule has 3 rings (SSSR count). The van der Waals surface area contributed by atoms with E-state index < -0.39 is 41.8 Å². The van der Waals surface area contributed by atoms with E-state index in [2.05, 4.69) is 10.6 Å². The molecule has 3 aromatic carbocycles. The summed E-state index contributed by atoms with van der Waals surface area (Å²) in [4.78, 5) is 61.0. The number of carboxylic acids is 2. The molecule has 0 aliphatic rings. The number of aliphatic carboxylic acids is 1. The Balaban J connectivity index is 1.54. The number of aromatic carboxylic acids is 1. The summed E-state index contributed by atoms with van der Waals surface area (Å²) in [6, 6.07) is 16.9. The number of para-hydroxylation sites is 1. The van der Waals surface area contributed by atoms with Crippen LogP contribution < -0.4 is 20.1 Å². The molecule has 44 heavy (non-hydrogen) atoms. The van der Waals surface area contributed by atoms with Gasteiger partial charge in [0.1, 0.15) is 23.6 Å². The Hall–Kier alpha value is -5.19. The number of benzene rings is 3. The molecule has 0 unspecified atom stereocenters. The lowest BCUT2D eigenvalue weighted by Gasteiger charge is -2.23. The van der Waals surface area contributed by atoms with Crippen LogP contribution in [0.15, 0.2) is 72.8 Å². The second-order valence-electron chi connectivity index (χ2n) is 10.7. The number of aryl methyl sites for hydroxylation is 2. The molecule has 0 spiro atoms. The van der Waals surface area contributed by atoms with E-state index in [9.17, 15) is 29.1 Å². The predicted molar refractivity (Wildman–Crippen MR) is 161 cm³/mol. The maximum absolute atomic E-state index is 13.1. The lowest BCUT2D eigenvalue weighted by atomic mass is 10.0. The zero-order valence-corrected chi connectivity index (χ0v) is 24.7. The van der Waals surface area contributed by atoms with E-state index in [1.807, 2.05) is 32.9 Å². The second-order valence-corrected chi connectivity index (χ2v) is 10.7. The monoisotopic (exact) mass is 604 g/mol. The Kier molecular flexibility index (Phi) is 12.0. The Morgan fingerprint density at radius 3 is 2.02 bits per heavy atom. The summed E-state index contributed by atoms with van der Waals surface area (Å²) in [7, 11) is 0. The van der Waals surface area contributed by atoms with Crippen LogP contribution in [0.2, 0.25) is 0 Å². The van der Waals surface area contributed by atoms with E-state index in [-0.39, 0.29) is 35.8 Å². The summed E-state index contributed by atoms with van der Waals surface area (Å²) in [5.74, 6) is -3.23. The quantitative estimate of drug-likeness (QED) is 0.148. The van der Waals surface area contributed by atoms with Gasteiger partial charge in [-0.3, -0.25) is 9.59 Å². The van der Waals surface area contributed by atoms with Crippen LogP contribution in [0.3, 0.4) is 0 Å². The van der Waals surface area contributed by atoms with Crippen LogP contribution in [0.4, 0.5) is 0 Å². The van der Waals surface area contributed by atoms with Gasteiger partial charge in [-0.1, -0.05) is 44.2 Å². The van der Waals surface area contributed by atoms with Crippen molar-refractivity contribution >= 4 is 29.7 Å². The molecule has 2 atom stereocenters. The molecule has 0 heterocycles. The van der Waals surface area contributed by atoms with Crippen molar-refractivity contribution in [2.24, 2.45) is 5.92 Å². The molecule has 11 nitrogen and oxygen atoms in total. The minimum Gasteiger partial charge on any atom is -0.484 e. The van der Waals surface area contributed by atoms with Gasteiger partial charge < -0.3 is 30.3 Å². The minimum absolute atomic E-state index is 0.0448. The van der Waals surface area contributed by atoms with Crippen LogP contribution in [-0.2, 0) is 20.8 Å². The second kappa shape index (κ2) is 15.9. The third kappa shape index (κ3) is 10.3. The summed E-state index contributed by atoms with van der Waals surface area (Å²) in [6.07, 6.45) is 0.681. The van der Waals surface area contributed by atoms with Crippen molar-refractivity contribution in [2.75, 3.05) is 6.61 Å². The average Bonchev–Trinajstić information content (AvgIpc) is 2.98. The third-order valence-corrected chi connectivity index (χ3v) is 6.65. The van der Waals surface area contributed by atoms with Gasteiger partial charge in [0.15, 0.2) is 6.61 Å². The number of carbonyl (C=O) groups is 5. The molecule has 0 aromatic heterocycles. The van der Waals surface area contributed by atoms with E-state index in [0.717, 1.165) is 11.1 Å². The van der Waals surface area contributed by atoms with Gasteiger partial charge >= 0.3 is 17.9 Å². The van der Waals surface area contributed by atoms with Crippen LogP contribution in [0.5, 0.6) is 11.5 Å². The SMILES string of the molecule is Cc1ccccc1OCC(=O)N[C@@H](CC(C)C)C(=O)N[C@@H](CCc1ccc(OC(=O)c2ccc(C(=O)O)cc2)cc1)C(=O)O. The summed E-state index contributed by atoms with van der Waals surface area (Å²) in [5.41, 5.74) is 1.84. The van der Waals surface area contributed by atoms with Crippen LogP contribution in [0.25, 0.3) is 0 Å². The largest absolute Gasteiger partial charge is 0.484 e. The molecule has 2 amide bonds. The van der Waals surface area contributed by atoms with Crippen LogP contribution in [0, 0.1) is 12.8 Å². The Morgan fingerprint density at radius 2 is 1.43 bits per heavy atom. The Morgan fingerprint density at radius 1 is 0.795 bits per heavy atom. The number of hydrogen-bond donors (Lipinski definition) is 4. The van der Waals surface area contributed by atoms with Gasteiger partial charge in [0.2, 0.25) is 5.91 Å². The fraction of sp³-hybridized carbons (Fsp3) is 0.303. The standard InChI is InChI=1S/C33H36N2O9/c1-20(2)18-27(34-29(36)19-43-28-7-5-4-6-21(28)3)30(37)35-26(32(40)41)17-10-22-8-15-25(16-9-22)44-33(42)24-13-11-23(12-14-24)31(38)39/h4-9,11-16,20,26-27H,10,17-19H2,1-3H3,(H,34,36)(H,35,37)(H,38,39)(H,40,41)/t26-,27-/m0/s1. The first-order valence-electron chi connectivity index (χ1n) is 14.1. The molecule has 0 radical (unpaired) electrons. The van der Waals surface area contributed by atoms with Crippen molar-refractivity contribution in [3.8, 4) is 11.5 Å². The summed E-state index contributed by atoms with van der Waals surface area (Å²) in [6.45, 7) is 5.34. The number of ether oxygens (including phenoxy) is 2. The van der Waals surface area contributed by atoms with Crippen molar-refractivity contribution in [1.82, 2.24) is 10.6 Å². The van der Waals surface area contributed by atoms with Crippen LogP contribution in [0.1, 0.15) is 58.5 Å². The third-order valence-electron chi connectivity index (χ3n) is 6.65. The topological polar surface area (TPSA) is 168 Å². The highest BCUT2D eigenvalue weighted by Crippen LogP contribution is 2.18. The molecule has 11 heteroatoms. The molecular weight excluding hydrogens is 568 g/mol. The first-order valence-corrected chi connectivity index (χ1v) is 14.1. The van der Waals surface area contributed by atoms with Crippen molar-refractivity contribution < 1.29 is 43.7 Å². The fourth-order valence-corrected chi connectivity index (χ4v) is 4.28. The van der Waals surface area contributed by atoms with E-state index in [0.29, 0.717) is 18.6 Å². The molecule has 0 bridgehead atoms. The highest BCUT2D eigenvalue weighted by molar-refractivity contribution is 5.93. The number of carboxylic acid groups (broad SMARTS) is 2. The Labute approximate surface area is 255 Å². The molecule has 4 N–H and O–H groups in total. The van der Waals surface area contributed by atoms with Crippen LogP contribution >= 0.6 is 0 Å². The minimum atomic E-state index is -1.21. The van der Waals surface area contributed by atoms with Gasteiger partial charge in [0.05, 0.1) is 11.1 Å². The van der Waals surface area contributed by atoms with Gasteiger partial charge in [-0.25, -0.2) is 14.4 Å². The number of carbonyl (C=O) groups excluding carboxylic acids is 3. The van der Waals surface area contributed by atoms with Crippen molar-refractivity contribution in [2.45, 2.75) is 52.1 Å². The molecule has 232 valence electrons. The molecule has 0 saturated carbocycles. The van der Waals surface area contributed by atoms with Crippen LogP contribution in [-0.4, -0.2) is 58.6 Å². The number of esters is 1. The lowest BCUT2D eigenvalue weighted by Crippen LogP contribution is -2.52. The maximum atomic E-state index is 13.1. The fourth-order valence-electron chi connectivity index (χ4n) is 4.28. The van der Waals surface area contributed by atoms with Gasteiger partial charge in [-0.15, -0.1) is 0 Å². The zero-order valence-electron chi connectivity index (χ0n) is 24.7. The highest BCUT2D eigenvalue weighted by atomic mass is 16.5. The van der Waals surface area contributed by atoms with E-state index in [1.165, 1.54) is 24.3 Å². The van der Waals surface area contributed by atoms with E-state index >= 15 is 0 Å². The highest BCUT2D eigenvalue weighted by Gasteiger charge is 2.27. The van der Waals surface area contributed by atoms with Gasteiger partial charge in [-0.05, 0) is 85.7 Å². The molecule has 0 fully saturated rings. The predicted octanol–water partition coefficient (Wildman–Crippen LogP) is 4.02. The van der Waals surface area contributed by atoms with Crippen molar-refractivity contribution in [1.29, 1.82) is 0 Å². The molecule has 0 aliphatic carbocycles. The number of nitrogens with one attached hydrogen (secondary N) is 2. The van der Waals surface area contributed by atoms with Gasteiger partial charge in [0.25, 0.3) is 5.91 Å². The number of hydrogen-bond acceptors (Lipinski definition) is 7. The van der Waals surface area contributed by atoms with E-state index in [1.54, 1.807) is 36.4 Å². The first-order chi connectivity index (χ1) is 20.9. The number of rotatable bonds is 15. The smallest absolute Gasteiger partial charge is 0.343 e. The summed E-state index contributed by atoms with van der Waals surface area (Å²) < 4.78 is 10.9. The van der Waals surface area contributed by atoms with E-state index in [4.69, 9.17) is 14.6 Å². The zero-order chi connectivity index (χ0) is 32.2. The maximum Gasteiger partial charge on any atom is 0.343 e. The molecule has 0 saturated heterocycles. The van der Waals surface area contributed by atoms with Gasteiger partial charge in [-0.2, -0.15) is 0 Å². The Bertz CT molecular complexity index is 1470. The summed E-state index contributed by atoms with van der Waals surface area (Å²) >= 11 is 0. The number of amides is 2. The van der Waals surface area contributed by atoms with Gasteiger partial charge in [0, 0.05) is 0 Å². The van der Waals surface area contributed by atoms with Crippen molar-refractivity contribution in [3.63, 3.8) is 0 Å². The molecular formula is C33H36N2O9. The summed E-state index contributed by atoms with van der Waals surface area (Å²) in [5, 5.41) is 24.0. The average molecular weight is 605 g/mol. The first kappa shape index (κ1) is 33.3. The lowest BCUT2D eigenvalue weighted by molar-refractivity contribution is -0.142. The molecule has 3 aromatic rings.